The van der Waals surface area contributed by atoms with Crippen molar-refractivity contribution < 1.29 is 24.5 Å². The number of carbonyl (C=O) groups is 2. The van der Waals surface area contributed by atoms with Crippen molar-refractivity contribution in [1.82, 2.24) is 5.32 Å². The van der Waals surface area contributed by atoms with Crippen LogP contribution in [0, 0.1) is 0 Å². The molecular weight excluding hydrogens is 815 g/mol. The quantitative estimate of drug-likeness (QED) is 0.0321. The van der Waals surface area contributed by atoms with Crippen molar-refractivity contribution >= 4 is 11.9 Å². The number of esters is 1. The monoisotopic (exact) mass is 930 g/mol. The number of aliphatic hydroxyl groups excluding tert-OH is 2. The number of nitrogens with one attached hydrogen (secondary N) is 1. The molecule has 0 aliphatic heterocycles. The Morgan fingerprint density at radius 1 is 0.424 bits per heavy atom. The summed E-state index contributed by atoms with van der Waals surface area (Å²) in [5, 5.41) is 23.3. The minimum Gasteiger partial charge on any atom is -0.466 e. The van der Waals surface area contributed by atoms with Crippen LogP contribution in [-0.2, 0) is 14.3 Å². The molecule has 0 radical (unpaired) electrons. The third-order valence-electron chi connectivity index (χ3n) is 13.8. The second-order valence-corrected chi connectivity index (χ2v) is 20.3. The fraction of sp³-hybridized carbons (Fsp3) is 0.900. The van der Waals surface area contributed by atoms with Crippen molar-refractivity contribution in [3.63, 3.8) is 0 Å². The number of carbonyl (C=O) groups excluding carboxylic acids is 2. The number of unbranched alkanes of at least 4 members (excludes halogenated alkanes) is 40. The molecule has 0 saturated heterocycles. The zero-order valence-corrected chi connectivity index (χ0v) is 44.4. The van der Waals surface area contributed by atoms with E-state index in [0.717, 1.165) is 64.2 Å². The van der Waals surface area contributed by atoms with Crippen molar-refractivity contribution in [2.75, 3.05) is 13.2 Å². The molecule has 0 rings (SSSR count). The Hall–Kier alpha value is -1.66. The number of ether oxygens (including phenoxy) is 1. The molecule has 6 nitrogen and oxygen atoms in total. The molecule has 6 heteroatoms. The normalized spacial score (nSPS) is 12.7. The first-order valence-corrected chi connectivity index (χ1v) is 29.6. The molecule has 0 spiro atoms. The fourth-order valence-corrected chi connectivity index (χ4v) is 9.20. The van der Waals surface area contributed by atoms with E-state index in [1.165, 1.54) is 225 Å². The molecule has 0 aromatic heterocycles. The van der Waals surface area contributed by atoms with Gasteiger partial charge >= 0.3 is 5.97 Å². The lowest BCUT2D eigenvalue weighted by Crippen LogP contribution is -2.45. The fourth-order valence-electron chi connectivity index (χ4n) is 9.20. The van der Waals surface area contributed by atoms with Crippen LogP contribution in [0.5, 0.6) is 0 Å². The average Bonchev–Trinajstić information content (AvgIpc) is 3.32. The molecule has 2 unspecified atom stereocenters. The van der Waals surface area contributed by atoms with Gasteiger partial charge in [-0.3, -0.25) is 9.59 Å². The Labute approximate surface area is 411 Å². The molecule has 0 saturated carbocycles. The number of allylic oxidation sites excluding steroid dienone is 4. The largest absolute Gasteiger partial charge is 0.466 e. The Balaban J connectivity index is 3.45. The van der Waals surface area contributed by atoms with E-state index < -0.39 is 12.1 Å². The van der Waals surface area contributed by atoms with Crippen LogP contribution >= 0.6 is 0 Å². The summed E-state index contributed by atoms with van der Waals surface area (Å²) in [7, 11) is 0. The van der Waals surface area contributed by atoms with Crippen LogP contribution in [0.2, 0.25) is 0 Å². The van der Waals surface area contributed by atoms with Gasteiger partial charge in [-0.1, -0.05) is 276 Å². The summed E-state index contributed by atoms with van der Waals surface area (Å²) >= 11 is 0. The standard InChI is InChI=1S/C60H115NO5/c1-3-5-7-9-11-13-15-17-19-21-23-24-26-28-32-36-40-44-48-52-58(63)57(56-62)61-59(64)53-49-45-41-37-33-30-31-35-39-43-47-51-55-66-60(65)54-50-46-42-38-34-29-27-25-22-20-18-16-14-12-10-8-6-4-2/h14,16,20,22,57-58,62-63H,3-13,15,17-19,21,23-56H2,1-2H3,(H,61,64)/b16-14-,22-20-. The van der Waals surface area contributed by atoms with Gasteiger partial charge in [0.15, 0.2) is 0 Å². The number of aliphatic hydroxyl groups is 2. The third kappa shape index (κ3) is 51.7. The maximum absolute atomic E-state index is 12.5. The summed E-state index contributed by atoms with van der Waals surface area (Å²) < 4.78 is 5.48. The summed E-state index contributed by atoms with van der Waals surface area (Å²) in [6.45, 7) is 4.92. The topological polar surface area (TPSA) is 95.9 Å². The highest BCUT2D eigenvalue weighted by atomic mass is 16.5. The first kappa shape index (κ1) is 64.3. The van der Waals surface area contributed by atoms with Gasteiger partial charge in [0.25, 0.3) is 0 Å². The van der Waals surface area contributed by atoms with Gasteiger partial charge in [-0.15, -0.1) is 0 Å². The summed E-state index contributed by atoms with van der Waals surface area (Å²) in [6.07, 6.45) is 67.3. The van der Waals surface area contributed by atoms with Crippen LogP contribution in [0.4, 0.5) is 0 Å². The number of amides is 1. The molecule has 1 amide bonds. The first-order chi connectivity index (χ1) is 32.5. The summed E-state index contributed by atoms with van der Waals surface area (Å²) in [4.78, 5) is 24.6. The molecule has 3 N–H and O–H groups in total. The smallest absolute Gasteiger partial charge is 0.305 e. The van der Waals surface area contributed by atoms with Crippen molar-refractivity contribution in [2.45, 2.75) is 334 Å². The van der Waals surface area contributed by atoms with Gasteiger partial charge in [0.2, 0.25) is 5.91 Å². The zero-order chi connectivity index (χ0) is 47.9. The number of hydrogen-bond donors (Lipinski definition) is 3. The Kier molecular flexibility index (Phi) is 54.5. The predicted molar refractivity (Wildman–Crippen MR) is 287 cm³/mol. The molecule has 0 aromatic rings. The van der Waals surface area contributed by atoms with Crippen LogP contribution in [0.15, 0.2) is 24.3 Å². The van der Waals surface area contributed by atoms with Gasteiger partial charge in [0.1, 0.15) is 0 Å². The second-order valence-electron chi connectivity index (χ2n) is 20.3. The highest BCUT2D eigenvalue weighted by Gasteiger charge is 2.20. The molecule has 390 valence electrons. The molecule has 0 aliphatic rings. The van der Waals surface area contributed by atoms with Crippen LogP contribution < -0.4 is 5.32 Å². The minimum atomic E-state index is -0.676. The Bertz CT molecular complexity index is 1030. The van der Waals surface area contributed by atoms with Gasteiger partial charge < -0.3 is 20.3 Å². The lowest BCUT2D eigenvalue weighted by Gasteiger charge is -2.22. The summed E-state index contributed by atoms with van der Waals surface area (Å²) in [6, 6.07) is -0.554. The maximum Gasteiger partial charge on any atom is 0.305 e. The van der Waals surface area contributed by atoms with Gasteiger partial charge in [-0.05, 0) is 57.8 Å². The van der Waals surface area contributed by atoms with Crippen molar-refractivity contribution in [3.05, 3.63) is 24.3 Å². The van der Waals surface area contributed by atoms with Gasteiger partial charge in [0.05, 0.1) is 25.4 Å². The van der Waals surface area contributed by atoms with Gasteiger partial charge in [0, 0.05) is 12.8 Å². The average molecular weight is 931 g/mol. The van der Waals surface area contributed by atoms with E-state index >= 15 is 0 Å². The van der Waals surface area contributed by atoms with Gasteiger partial charge in [-0.25, -0.2) is 0 Å². The lowest BCUT2D eigenvalue weighted by atomic mass is 10.0. The highest BCUT2D eigenvalue weighted by molar-refractivity contribution is 5.76. The van der Waals surface area contributed by atoms with Gasteiger partial charge in [-0.2, -0.15) is 0 Å². The van der Waals surface area contributed by atoms with E-state index in [4.69, 9.17) is 4.74 Å². The Morgan fingerprint density at radius 3 is 1.17 bits per heavy atom. The van der Waals surface area contributed by atoms with E-state index in [-0.39, 0.29) is 18.5 Å². The van der Waals surface area contributed by atoms with E-state index in [1.807, 2.05) is 0 Å². The summed E-state index contributed by atoms with van der Waals surface area (Å²) in [5.74, 6) is -0.0641. The molecular formula is C60H115NO5. The van der Waals surface area contributed by atoms with Crippen molar-refractivity contribution in [3.8, 4) is 0 Å². The lowest BCUT2D eigenvalue weighted by molar-refractivity contribution is -0.143. The summed E-state index contributed by atoms with van der Waals surface area (Å²) in [5.41, 5.74) is 0. The molecule has 0 fully saturated rings. The number of hydrogen-bond acceptors (Lipinski definition) is 5. The molecule has 66 heavy (non-hydrogen) atoms. The third-order valence-corrected chi connectivity index (χ3v) is 13.8. The minimum absolute atomic E-state index is 0.0157. The maximum atomic E-state index is 12.5. The van der Waals surface area contributed by atoms with Crippen LogP contribution in [0.1, 0.15) is 322 Å². The SMILES string of the molecule is CCCCCC/C=C\C/C=C\CCCCCCCCCC(=O)OCCCCCCCCCCCCCCC(=O)NC(CO)C(O)CCCCCCCCCCCCCCCCCCCCC. The Morgan fingerprint density at radius 2 is 0.758 bits per heavy atom. The molecule has 0 bridgehead atoms. The zero-order valence-electron chi connectivity index (χ0n) is 44.4. The van der Waals surface area contributed by atoms with Crippen LogP contribution in [-0.4, -0.2) is 47.4 Å². The van der Waals surface area contributed by atoms with E-state index in [2.05, 4.69) is 43.5 Å². The van der Waals surface area contributed by atoms with Crippen LogP contribution in [0.25, 0.3) is 0 Å². The highest BCUT2D eigenvalue weighted by Crippen LogP contribution is 2.17. The number of rotatable bonds is 55. The van der Waals surface area contributed by atoms with E-state index in [1.54, 1.807) is 0 Å². The van der Waals surface area contributed by atoms with E-state index in [9.17, 15) is 19.8 Å². The van der Waals surface area contributed by atoms with E-state index in [0.29, 0.717) is 25.9 Å². The van der Waals surface area contributed by atoms with Crippen molar-refractivity contribution in [2.24, 2.45) is 0 Å². The second kappa shape index (κ2) is 55.9. The molecule has 0 heterocycles. The first-order valence-electron chi connectivity index (χ1n) is 29.6. The van der Waals surface area contributed by atoms with Crippen LogP contribution in [0.3, 0.4) is 0 Å². The molecule has 0 aromatic carbocycles. The predicted octanol–water partition coefficient (Wildman–Crippen LogP) is 18.2. The molecule has 2 atom stereocenters. The molecule has 0 aliphatic carbocycles. The van der Waals surface area contributed by atoms with Crippen molar-refractivity contribution in [1.29, 1.82) is 0 Å².